The third-order valence-electron chi connectivity index (χ3n) is 5.44. The number of hydrogen-bond donors (Lipinski definition) is 0. The topological polar surface area (TPSA) is 48.9 Å². The van der Waals surface area contributed by atoms with Crippen molar-refractivity contribution in [2.45, 2.75) is 12.8 Å². The number of likely N-dealkylation sites (tertiary alicyclic amines) is 1. The molecule has 0 aliphatic carbocycles. The number of carbonyl (C=O) groups is 1. The van der Waals surface area contributed by atoms with Crippen LogP contribution >= 0.6 is 0 Å². The van der Waals surface area contributed by atoms with Crippen LogP contribution in [0.4, 0.5) is 11.4 Å². The van der Waals surface area contributed by atoms with Crippen molar-refractivity contribution in [3.05, 3.63) is 48.3 Å². The predicted molar refractivity (Wildman–Crippen MR) is 107 cm³/mol. The molecule has 2 aliphatic rings. The molecule has 0 spiro atoms. The first-order chi connectivity index (χ1) is 13.2. The maximum Gasteiger partial charge on any atom is 0.272 e. The molecule has 6 heteroatoms. The Morgan fingerprint density at radius 3 is 2.15 bits per heavy atom. The number of aromatic nitrogens is 1. The summed E-state index contributed by atoms with van der Waals surface area (Å²) in [5.74, 6) is 0.940. The fraction of sp³-hybridized carbons (Fsp3) is 0.429. The molecule has 2 saturated heterocycles. The van der Waals surface area contributed by atoms with Gasteiger partial charge in [0.05, 0.1) is 7.11 Å². The lowest BCUT2D eigenvalue weighted by molar-refractivity contribution is 0.0787. The second-order valence-electron chi connectivity index (χ2n) is 7.07. The maximum atomic E-state index is 12.6. The Hall–Kier alpha value is -2.76. The van der Waals surface area contributed by atoms with Crippen LogP contribution in [0, 0.1) is 0 Å². The fourth-order valence-corrected chi connectivity index (χ4v) is 3.83. The zero-order chi connectivity index (χ0) is 18.6. The molecule has 2 aliphatic heterocycles. The molecule has 142 valence electrons. The zero-order valence-corrected chi connectivity index (χ0v) is 15.8. The fourth-order valence-electron chi connectivity index (χ4n) is 3.83. The normalized spacial score (nSPS) is 17.3. The Labute approximate surface area is 160 Å². The first kappa shape index (κ1) is 17.6. The number of pyridine rings is 1. The molecule has 1 amide bonds. The molecule has 1 aromatic heterocycles. The summed E-state index contributed by atoms with van der Waals surface area (Å²) in [5, 5.41) is 0. The second kappa shape index (κ2) is 7.86. The van der Waals surface area contributed by atoms with Crippen LogP contribution in [-0.2, 0) is 0 Å². The van der Waals surface area contributed by atoms with Gasteiger partial charge in [0.1, 0.15) is 11.4 Å². The van der Waals surface area contributed by atoms with E-state index >= 15 is 0 Å². The SMILES string of the molecule is COc1ccc(N2CCN(c3ccnc(C(=O)N4CCCC4)c3)CC2)cc1. The van der Waals surface area contributed by atoms with Gasteiger partial charge in [0, 0.05) is 56.8 Å². The van der Waals surface area contributed by atoms with Crippen LogP contribution in [0.2, 0.25) is 0 Å². The Balaban J connectivity index is 1.40. The molecule has 1 aromatic carbocycles. The molecule has 27 heavy (non-hydrogen) atoms. The second-order valence-corrected chi connectivity index (χ2v) is 7.07. The molecular weight excluding hydrogens is 340 g/mol. The molecule has 0 saturated carbocycles. The van der Waals surface area contributed by atoms with Crippen molar-refractivity contribution in [1.82, 2.24) is 9.88 Å². The summed E-state index contributed by atoms with van der Waals surface area (Å²) >= 11 is 0. The van der Waals surface area contributed by atoms with E-state index in [2.05, 4.69) is 26.9 Å². The largest absolute Gasteiger partial charge is 0.497 e. The summed E-state index contributed by atoms with van der Waals surface area (Å²) in [6.07, 6.45) is 3.95. The standard InChI is InChI=1S/C21H26N4O2/c1-27-19-6-4-17(5-7-19)23-12-14-24(15-13-23)18-8-9-22-20(16-18)21(26)25-10-2-3-11-25/h4-9,16H,2-3,10-15H2,1H3. The molecule has 0 bridgehead atoms. The molecule has 0 N–H and O–H groups in total. The van der Waals surface area contributed by atoms with Crippen LogP contribution in [0.1, 0.15) is 23.3 Å². The first-order valence-corrected chi connectivity index (χ1v) is 9.64. The highest BCUT2D eigenvalue weighted by atomic mass is 16.5. The number of piperazine rings is 1. The summed E-state index contributed by atoms with van der Waals surface area (Å²) in [7, 11) is 1.69. The molecule has 2 aromatic rings. The maximum absolute atomic E-state index is 12.6. The molecule has 0 unspecified atom stereocenters. The predicted octanol–water partition coefficient (Wildman–Crippen LogP) is 2.65. The summed E-state index contributed by atoms with van der Waals surface area (Å²) in [6.45, 7) is 5.45. The van der Waals surface area contributed by atoms with Gasteiger partial charge in [-0.15, -0.1) is 0 Å². The van der Waals surface area contributed by atoms with Gasteiger partial charge in [-0.3, -0.25) is 9.78 Å². The Morgan fingerprint density at radius 2 is 1.52 bits per heavy atom. The number of amides is 1. The van der Waals surface area contributed by atoms with Gasteiger partial charge in [-0.2, -0.15) is 0 Å². The minimum Gasteiger partial charge on any atom is -0.497 e. The highest BCUT2D eigenvalue weighted by molar-refractivity contribution is 5.93. The Bertz CT molecular complexity index is 779. The van der Waals surface area contributed by atoms with Crippen LogP contribution in [0.5, 0.6) is 5.75 Å². The molecule has 6 nitrogen and oxygen atoms in total. The number of rotatable bonds is 4. The summed E-state index contributed by atoms with van der Waals surface area (Å²) in [5.41, 5.74) is 2.86. The van der Waals surface area contributed by atoms with Crippen LogP contribution < -0.4 is 14.5 Å². The van der Waals surface area contributed by atoms with Crippen molar-refractivity contribution in [3.8, 4) is 5.75 Å². The lowest BCUT2D eigenvalue weighted by atomic mass is 10.2. The van der Waals surface area contributed by atoms with Crippen LogP contribution in [0.25, 0.3) is 0 Å². The Morgan fingerprint density at radius 1 is 0.889 bits per heavy atom. The van der Waals surface area contributed by atoms with Crippen molar-refractivity contribution in [2.75, 3.05) is 56.2 Å². The van der Waals surface area contributed by atoms with E-state index in [0.717, 1.165) is 63.5 Å². The van der Waals surface area contributed by atoms with E-state index in [1.165, 1.54) is 5.69 Å². The van der Waals surface area contributed by atoms with Crippen molar-refractivity contribution in [1.29, 1.82) is 0 Å². The van der Waals surface area contributed by atoms with E-state index in [0.29, 0.717) is 5.69 Å². The lowest BCUT2D eigenvalue weighted by Crippen LogP contribution is -2.46. The molecule has 4 rings (SSSR count). The van der Waals surface area contributed by atoms with Crippen molar-refractivity contribution in [3.63, 3.8) is 0 Å². The van der Waals surface area contributed by atoms with Gasteiger partial charge in [-0.1, -0.05) is 0 Å². The molecule has 0 radical (unpaired) electrons. The highest BCUT2D eigenvalue weighted by Gasteiger charge is 2.22. The van der Waals surface area contributed by atoms with Gasteiger partial charge in [0.15, 0.2) is 0 Å². The average molecular weight is 366 g/mol. The molecule has 3 heterocycles. The quantitative estimate of drug-likeness (QED) is 0.833. The summed E-state index contributed by atoms with van der Waals surface area (Å²) < 4.78 is 5.24. The number of benzene rings is 1. The van der Waals surface area contributed by atoms with E-state index in [-0.39, 0.29) is 5.91 Å². The van der Waals surface area contributed by atoms with Crippen molar-refractivity contribution < 1.29 is 9.53 Å². The van der Waals surface area contributed by atoms with Crippen molar-refractivity contribution >= 4 is 17.3 Å². The van der Waals surface area contributed by atoms with E-state index < -0.39 is 0 Å². The minimum atomic E-state index is 0.0613. The van der Waals surface area contributed by atoms with E-state index in [1.807, 2.05) is 29.2 Å². The van der Waals surface area contributed by atoms with Crippen LogP contribution in [-0.4, -0.2) is 62.2 Å². The monoisotopic (exact) mass is 366 g/mol. The number of hydrogen-bond acceptors (Lipinski definition) is 5. The molecule has 0 atom stereocenters. The third kappa shape index (κ3) is 3.84. The van der Waals surface area contributed by atoms with Gasteiger partial charge < -0.3 is 19.4 Å². The minimum absolute atomic E-state index is 0.0613. The first-order valence-electron chi connectivity index (χ1n) is 9.64. The van der Waals surface area contributed by atoms with E-state index in [4.69, 9.17) is 4.74 Å². The van der Waals surface area contributed by atoms with Gasteiger partial charge in [0.2, 0.25) is 0 Å². The number of nitrogens with zero attached hydrogens (tertiary/aromatic N) is 4. The number of ether oxygens (including phenoxy) is 1. The van der Waals surface area contributed by atoms with Gasteiger partial charge in [0.25, 0.3) is 5.91 Å². The Kier molecular flexibility index (Phi) is 5.14. The molecular formula is C21H26N4O2. The smallest absolute Gasteiger partial charge is 0.272 e. The third-order valence-corrected chi connectivity index (χ3v) is 5.44. The van der Waals surface area contributed by atoms with E-state index in [1.54, 1.807) is 13.3 Å². The van der Waals surface area contributed by atoms with Gasteiger partial charge >= 0.3 is 0 Å². The number of carbonyl (C=O) groups excluding carboxylic acids is 1. The average Bonchev–Trinajstić information content (AvgIpc) is 3.28. The number of anilines is 2. The summed E-state index contributed by atoms with van der Waals surface area (Å²) in [4.78, 5) is 23.5. The van der Waals surface area contributed by atoms with Crippen molar-refractivity contribution in [2.24, 2.45) is 0 Å². The summed E-state index contributed by atoms with van der Waals surface area (Å²) in [6, 6.07) is 12.2. The number of methoxy groups -OCH3 is 1. The van der Waals surface area contributed by atoms with E-state index in [9.17, 15) is 4.79 Å². The van der Waals surface area contributed by atoms with Crippen LogP contribution in [0.15, 0.2) is 42.6 Å². The highest BCUT2D eigenvalue weighted by Crippen LogP contribution is 2.23. The van der Waals surface area contributed by atoms with Gasteiger partial charge in [-0.05, 0) is 49.2 Å². The molecule has 2 fully saturated rings. The zero-order valence-electron chi connectivity index (χ0n) is 15.8. The van der Waals surface area contributed by atoms with Gasteiger partial charge in [-0.25, -0.2) is 0 Å². The lowest BCUT2D eigenvalue weighted by Gasteiger charge is -2.37. The van der Waals surface area contributed by atoms with Crippen LogP contribution in [0.3, 0.4) is 0 Å².